The molecular weight excluding hydrogens is 286 g/mol. The van der Waals surface area contributed by atoms with E-state index < -0.39 is 0 Å². The first-order chi connectivity index (χ1) is 10.3. The lowest BCUT2D eigenvalue weighted by Gasteiger charge is -2.22. The number of benzene rings is 2. The molecule has 0 amide bonds. The molecule has 0 radical (unpaired) electrons. The molecule has 0 spiro atoms. The molecule has 3 nitrogen and oxygen atoms in total. The molecule has 104 valence electrons. The maximum Gasteiger partial charge on any atom is 0.131 e. The molecule has 0 bridgehead atoms. The Kier molecular flexibility index (Phi) is 2.76. The number of aromatic nitrogens is 1. The predicted octanol–water partition coefficient (Wildman–Crippen LogP) is 4.46. The minimum absolute atomic E-state index is 0.439. The van der Waals surface area contributed by atoms with Crippen molar-refractivity contribution in [2.75, 3.05) is 7.11 Å². The summed E-state index contributed by atoms with van der Waals surface area (Å²) in [5.41, 5.74) is 3.67. The molecule has 0 atom stereocenters. The SMILES string of the molecule is COc1ccc2nc3c(c(Cl)c2c1)-c1ccccc1OC3. The molecule has 21 heavy (non-hydrogen) atoms. The summed E-state index contributed by atoms with van der Waals surface area (Å²) in [7, 11) is 1.64. The van der Waals surface area contributed by atoms with E-state index in [1.165, 1.54) is 0 Å². The first kappa shape index (κ1) is 12.5. The third kappa shape index (κ3) is 1.85. The van der Waals surface area contributed by atoms with Crippen molar-refractivity contribution in [3.05, 3.63) is 53.2 Å². The molecule has 0 saturated heterocycles. The maximum atomic E-state index is 6.67. The first-order valence-electron chi connectivity index (χ1n) is 6.66. The van der Waals surface area contributed by atoms with Gasteiger partial charge in [-0.05, 0) is 24.3 Å². The van der Waals surface area contributed by atoms with Gasteiger partial charge < -0.3 is 9.47 Å². The van der Waals surface area contributed by atoms with Crippen LogP contribution in [0.1, 0.15) is 5.69 Å². The normalized spacial score (nSPS) is 12.5. The number of fused-ring (bicyclic) bond motifs is 4. The number of rotatable bonds is 1. The quantitative estimate of drug-likeness (QED) is 0.664. The Bertz CT molecular complexity index is 861. The van der Waals surface area contributed by atoms with E-state index in [9.17, 15) is 0 Å². The average molecular weight is 298 g/mol. The fourth-order valence-corrected chi connectivity index (χ4v) is 3.06. The van der Waals surface area contributed by atoms with Gasteiger partial charge in [-0.3, -0.25) is 0 Å². The van der Waals surface area contributed by atoms with Crippen molar-refractivity contribution in [3.8, 4) is 22.6 Å². The number of ether oxygens (including phenoxy) is 2. The second-order valence-electron chi connectivity index (χ2n) is 4.92. The highest BCUT2D eigenvalue weighted by molar-refractivity contribution is 6.38. The molecule has 1 aromatic heterocycles. The molecule has 0 saturated carbocycles. The maximum absolute atomic E-state index is 6.67. The lowest BCUT2D eigenvalue weighted by atomic mass is 9.98. The van der Waals surface area contributed by atoms with E-state index >= 15 is 0 Å². The standard InChI is InChI=1S/C17H12ClNO2/c1-20-10-6-7-13-12(8-10)17(18)16-11-4-2-3-5-15(11)21-9-14(16)19-13/h2-8H,9H2,1H3. The van der Waals surface area contributed by atoms with Crippen LogP contribution < -0.4 is 9.47 Å². The Morgan fingerprint density at radius 2 is 2.05 bits per heavy atom. The highest BCUT2D eigenvalue weighted by atomic mass is 35.5. The van der Waals surface area contributed by atoms with E-state index in [2.05, 4.69) is 4.98 Å². The monoisotopic (exact) mass is 297 g/mol. The highest BCUT2D eigenvalue weighted by Gasteiger charge is 2.22. The van der Waals surface area contributed by atoms with Crippen LogP contribution in [0.3, 0.4) is 0 Å². The molecule has 0 aliphatic carbocycles. The number of pyridine rings is 1. The van der Waals surface area contributed by atoms with E-state index in [1.807, 2.05) is 42.5 Å². The second kappa shape index (κ2) is 4.64. The summed E-state index contributed by atoms with van der Waals surface area (Å²) < 4.78 is 11.0. The summed E-state index contributed by atoms with van der Waals surface area (Å²) in [6, 6.07) is 13.6. The van der Waals surface area contributed by atoms with Crippen molar-refractivity contribution in [2.24, 2.45) is 0 Å². The van der Waals surface area contributed by atoms with E-state index in [4.69, 9.17) is 21.1 Å². The Hall–Kier alpha value is -2.26. The Balaban J connectivity index is 2.07. The van der Waals surface area contributed by atoms with Crippen LogP contribution in [0, 0.1) is 0 Å². The molecule has 4 rings (SSSR count). The summed E-state index contributed by atoms with van der Waals surface area (Å²) in [4.78, 5) is 4.69. The van der Waals surface area contributed by atoms with Gasteiger partial charge in [-0.15, -0.1) is 0 Å². The van der Waals surface area contributed by atoms with Crippen LogP contribution in [-0.2, 0) is 6.61 Å². The van der Waals surface area contributed by atoms with Gasteiger partial charge in [0.25, 0.3) is 0 Å². The zero-order valence-electron chi connectivity index (χ0n) is 11.4. The Labute approximate surface area is 127 Å². The molecule has 2 heterocycles. The molecule has 1 aliphatic heterocycles. The van der Waals surface area contributed by atoms with E-state index in [1.54, 1.807) is 7.11 Å². The third-order valence-corrected chi connectivity index (χ3v) is 4.12. The van der Waals surface area contributed by atoms with Crippen LogP contribution in [0.4, 0.5) is 0 Å². The molecule has 0 unspecified atom stereocenters. The van der Waals surface area contributed by atoms with E-state index in [0.29, 0.717) is 11.6 Å². The van der Waals surface area contributed by atoms with Crippen molar-refractivity contribution in [2.45, 2.75) is 6.61 Å². The van der Waals surface area contributed by atoms with E-state index in [0.717, 1.165) is 39.2 Å². The number of para-hydroxylation sites is 1. The Morgan fingerprint density at radius 1 is 1.19 bits per heavy atom. The van der Waals surface area contributed by atoms with Crippen LogP contribution in [0.15, 0.2) is 42.5 Å². The summed E-state index contributed by atoms with van der Waals surface area (Å²) in [6.45, 7) is 0.439. The smallest absolute Gasteiger partial charge is 0.131 e. The van der Waals surface area contributed by atoms with Gasteiger partial charge in [-0.1, -0.05) is 29.8 Å². The van der Waals surface area contributed by atoms with Gasteiger partial charge in [0.2, 0.25) is 0 Å². The highest BCUT2D eigenvalue weighted by Crippen LogP contribution is 2.43. The minimum atomic E-state index is 0.439. The zero-order valence-corrected chi connectivity index (χ0v) is 12.1. The van der Waals surface area contributed by atoms with Gasteiger partial charge in [-0.25, -0.2) is 4.98 Å². The van der Waals surface area contributed by atoms with Crippen molar-refractivity contribution in [3.63, 3.8) is 0 Å². The second-order valence-corrected chi connectivity index (χ2v) is 5.29. The number of hydrogen-bond acceptors (Lipinski definition) is 3. The predicted molar refractivity (Wildman–Crippen MR) is 83.1 cm³/mol. The van der Waals surface area contributed by atoms with Crippen LogP contribution in [0.25, 0.3) is 22.0 Å². The summed E-state index contributed by atoms with van der Waals surface area (Å²) in [5.74, 6) is 1.61. The van der Waals surface area contributed by atoms with Crippen molar-refractivity contribution >= 4 is 22.5 Å². The zero-order chi connectivity index (χ0) is 14.4. The molecule has 2 aromatic carbocycles. The molecule has 0 N–H and O–H groups in total. The summed E-state index contributed by atoms with van der Waals surface area (Å²) in [6.07, 6.45) is 0. The van der Waals surface area contributed by atoms with Gasteiger partial charge in [0, 0.05) is 16.5 Å². The van der Waals surface area contributed by atoms with Crippen LogP contribution in [0.5, 0.6) is 11.5 Å². The first-order valence-corrected chi connectivity index (χ1v) is 7.04. The minimum Gasteiger partial charge on any atom is -0.497 e. The van der Waals surface area contributed by atoms with Gasteiger partial charge in [0.05, 0.1) is 23.3 Å². The third-order valence-electron chi connectivity index (χ3n) is 3.72. The van der Waals surface area contributed by atoms with Crippen LogP contribution in [-0.4, -0.2) is 12.1 Å². The summed E-state index contributed by atoms with van der Waals surface area (Å²) >= 11 is 6.67. The lowest BCUT2D eigenvalue weighted by Crippen LogP contribution is -2.08. The number of hydrogen-bond donors (Lipinski definition) is 0. The van der Waals surface area contributed by atoms with Crippen LogP contribution in [0.2, 0.25) is 5.02 Å². The van der Waals surface area contributed by atoms with Crippen molar-refractivity contribution in [1.29, 1.82) is 0 Å². The fourth-order valence-electron chi connectivity index (χ4n) is 2.70. The molecule has 4 heteroatoms. The largest absolute Gasteiger partial charge is 0.497 e. The lowest BCUT2D eigenvalue weighted by molar-refractivity contribution is 0.297. The van der Waals surface area contributed by atoms with E-state index in [-0.39, 0.29) is 0 Å². The van der Waals surface area contributed by atoms with Gasteiger partial charge >= 0.3 is 0 Å². The van der Waals surface area contributed by atoms with Gasteiger partial charge in [0.15, 0.2) is 0 Å². The number of halogens is 1. The Morgan fingerprint density at radius 3 is 2.90 bits per heavy atom. The topological polar surface area (TPSA) is 31.4 Å². The van der Waals surface area contributed by atoms with Crippen LogP contribution >= 0.6 is 11.6 Å². The molecule has 3 aromatic rings. The van der Waals surface area contributed by atoms with Crippen molar-refractivity contribution in [1.82, 2.24) is 4.98 Å². The molecular formula is C17H12ClNO2. The number of methoxy groups -OCH3 is 1. The van der Waals surface area contributed by atoms with Gasteiger partial charge in [0.1, 0.15) is 18.1 Å². The number of nitrogens with zero attached hydrogens (tertiary/aromatic N) is 1. The molecule has 1 aliphatic rings. The molecule has 0 fully saturated rings. The average Bonchev–Trinajstić information content (AvgIpc) is 2.54. The van der Waals surface area contributed by atoms with Gasteiger partial charge in [-0.2, -0.15) is 0 Å². The van der Waals surface area contributed by atoms with Crippen molar-refractivity contribution < 1.29 is 9.47 Å². The summed E-state index contributed by atoms with van der Waals surface area (Å²) in [5, 5.41) is 1.59. The fraction of sp³-hybridized carbons (Fsp3) is 0.118.